The summed E-state index contributed by atoms with van der Waals surface area (Å²) in [6.07, 6.45) is 4.99. The molecule has 2 nitrogen and oxygen atoms in total. The third kappa shape index (κ3) is 0.464. The summed E-state index contributed by atoms with van der Waals surface area (Å²) in [6, 6.07) is 0. The van der Waals surface area contributed by atoms with Gasteiger partial charge >= 0.3 is 0 Å². The van der Waals surface area contributed by atoms with Gasteiger partial charge in [-0.05, 0) is 12.5 Å². The molecular formula is C6H8O2. The Morgan fingerprint density at radius 2 is 2.50 bits per heavy atom. The molecule has 2 aliphatic rings. The van der Waals surface area contributed by atoms with Gasteiger partial charge in [-0.3, -0.25) is 0 Å². The predicted octanol–water partition coefficient (Wildman–Crippen LogP) is 0.893. The minimum atomic E-state index is 0.0648. The summed E-state index contributed by atoms with van der Waals surface area (Å²) in [5.74, 6) is 0.551. The molecule has 2 heteroatoms. The van der Waals surface area contributed by atoms with Crippen LogP contribution in [-0.4, -0.2) is 12.9 Å². The van der Waals surface area contributed by atoms with Crippen molar-refractivity contribution in [3.8, 4) is 0 Å². The number of rotatable bonds is 0. The molecule has 2 atom stereocenters. The van der Waals surface area contributed by atoms with E-state index in [0.29, 0.717) is 5.92 Å². The highest BCUT2D eigenvalue weighted by Gasteiger charge is 2.30. The molecule has 0 saturated carbocycles. The predicted molar refractivity (Wildman–Crippen MR) is 28.1 cm³/mol. The first-order valence-corrected chi connectivity index (χ1v) is 2.90. The molecule has 0 aromatic heterocycles. The van der Waals surface area contributed by atoms with Gasteiger partial charge in [-0.25, -0.2) is 0 Å². The molecule has 0 radical (unpaired) electrons. The van der Waals surface area contributed by atoms with Crippen LogP contribution < -0.4 is 0 Å². The molecule has 2 aliphatic heterocycles. The number of hydrogen-bond donors (Lipinski definition) is 0. The van der Waals surface area contributed by atoms with Gasteiger partial charge in [-0.2, -0.15) is 0 Å². The molecule has 1 saturated heterocycles. The highest BCUT2D eigenvalue weighted by atomic mass is 16.7. The van der Waals surface area contributed by atoms with Gasteiger partial charge < -0.3 is 9.47 Å². The van der Waals surface area contributed by atoms with E-state index in [0.717, 1.165) is 13.0 Å². The zero-order valence-corrected chi connectivity index (χ0v) is 4.54. The van der Waals surface area contributed by atoms with Gasteiger partial charge in [0.25, 0.3) is 0 Å². The van der Waals surface area contributed by atoms with Crippen LogP contribution in [0.1, 0.15) is 6.42 Å². The zero-order valence-electron chi connectivity index (χ0n) is 4.54. The van der Waals surface area contributed by atoms with Crippen LogP contribution in [-0.2, 0) is 9.47 Å². The molecule has 1 unspecified atom stereocenters. The van der Waals surface area contributed by atoms with E-state index in [2.05, 4.69) is 6.08 Å². The molecule has 0 spiro atoms. The zero-order chi connectivity index (χ0) is 5.40. The molecule has 1 fully saturated rings. The van der Waals surface area contributed by atoms with Gasteiger partial charge in [-0.15, -0.1) is 0 Å². The Morgan fingerprint density at radius 1 is 1.50 bits per heavy atom. The molecule has 0 aromatic carbocycles. The maximum absolute atomic E-state index is 5.19. The van der Waals surface area contributed by atoms with Crippen molar-refractivity contribution < 1.29 is 9.47 Å². The summed E-state index contributed by atoms with van der Waals surface area (Å²) in [5, 5.41) is 0. The van der Waals surface area contributed by atoms with E-state index >= 15 is 0 Å². The first-order chi connectivity index (χ1) is 3.97. The van der Waals surface area contributed by atoms with Crippen molar-refractivity contribution in [1.82, 2.24) is 0 Å². The number of hydrogen-bond acceptors (Lipinski definition) is 2. The number of fused-ring (bicyclic) bond motifs is 1. The summed E-state index contributed by atoms with van der Waals surface area (Å²) in [6.45, 7) is 0.861. The highest BCUT2D eigenvalue weighted by Crippen LogP contribution is 2.27. The molecular weight excluding hydrogens is 104 g/mol. The summed E-state index contributed by atoms with van der Waals surface area (Å²) >= 11 is 0. The summed E-state index contributed by atoms with van der Waals surface area (Å²) in [5.41, 5.74) is 0. The fourth-order valence-corrected chi connectivity index (χ4v) is 1.13. The molecule has 0 aromatic rings. The molecule has 0 amide bonds. The van der Waals surface area contributed by atoms with E-state index in [1.165, 1.54) is 0 Å². The van der Waals surface area contributed by atoms with E-state index in [9.17, 15) is 0 Å². The fourth-order valence-electron chi connectivity index (χ4n) is 1.13. The van der Waals surface area contributed by atoms with Gasteiger partial charge in [0.15, 0.2) is 0 Å². The van der Waals surface area contributed by atoms with Crippen molar-refractivity contribution in [1.29, 1.82) is 0 Å². The van der Waals surface area contributed by atoms with E-state index in [1.54, 1.807) is 6.26 Å². The van der Waals surface area contributed by atoms with Crippen molar-refractivity contribution in [3.05, 3.63) is 12.3 Å². The average Bonchev–Trinajstić information content (AvgIpc) is 2.15. The Morgan fingerprint density at radius 3 is 3.38 bits per heavy atom. The molecule has 0 aliphatic carbocycles. The normalized spacial score (nSPS) is 42.0. The van der Waals surface area contributed by atoms with Gasteiger partial charge in [0, 0.05) is 5.92 Å². The van der Waals surface area contributed by atoms with Crippen LogP contribution in [0.3, 0.4) is 0 Å². The maximum atomic E-state index is 5.19. The Bertz CT molecular complexity index is 120. The molecule has 0 bridgehead atoms. The molecule has 44 valence electrons. The quantitative estimate of drug-likeness (QED) is 0.463. The standard InChI is InChI=1S/C6H8O2/c1-3-7-6-5(1)2-4-8-6/h1,3,5-6H,2,4H2/t5-,6?/m1/s1. The SMILES string of the molecule is C1=C[C@@H]2CCOC2O1. The first kappa shape index (κ1) is 4.39. The van der Waals surface area contributed by atoms with Crippen molar-refractivity contribution >= 4 is 0 Å². The van der Waals surface area contributed by atoms with Crippen LogP contribution in [0.2, 0.25) is 0 Å². The second-order valence-corrected chi connectivity index (χ2v) is 2.16. The fraction of sp³-hybridized carbons (Fsp3) is 0.667. The summed E-state index contributed by atoms with van der Waals surface area (Å²) in [7, 11) is 0. The van der Waals surface area contributed by atoms with E-state index in [-0.39, 0.29) is 6.29 Å². The lowest BCUT2D eigenvalue weighted by molar-refractivity contribution is -0.0689. The van der Waals surface area contributed by atoms with Gasteiger partial charge in [0.05, 0.1) is 12.9 Å². The van der Waals surface area contributed by atoms with Crippen LogP contribution in [0, 0.1) is 5.92 Å². The van der Waals surface area contributed by atoms with Crippen molar-refractivity contribution in [2.45, 2.75) is 12.7 Å². The van der Waals surface area contributed by atoms with Crippen LogP contribution in [0.15, 0.2) is 12.3 Å². The Hall–Kier alpha value is -0.500. The van der Waals surface area contributed by atoms with Crippen molar-refractivity contribution in [2.24, 2.45) is 5.92 Å². The lowest BCUT2D eigenvalue weighted by atomic mass is 10.1. The van der Waals surface area contributed by atoms with Gasteiger partial charge in [0.2, 0.25) is 6.29 Å². The average molecular weight is 112 g/mol. The second-order valence-electron chi connectivity index (χ2n) is 2.16. The van der Waals surface area contributed by atoms with Crippen LogP contribution >= 0.6 is 0 Å². The van der Waals surface area contributed by atoms with Crippen LogP contribution in [0.4, 0.5) is 0 Å². The Labute approximate surface area is 48.1 Å². The Kier molecular flexibility index (Phi) is 0.815. The van der Waals surface area contributed by atoms with Crippen molar-refractivity contribution in [2.75, 3.05) is 6.61 Å². The molecule has 2 heterocycles. The third-order valence-electron chi connectivity index (χ3n) is 1.62. The van der Waals surface area contributed by atoms with E-state index in [4.69, 9.17) is 9.47 Å². The van der Waals surface area contributed by atoms with E-state index < -0.39 is 0 Å². The lowest BCUT2D eigenvalue weighted by Crippen LogP contribution is -2.09. The second kappa shape index (κ2) is 1.49. The molecule has 8 heavy (non-hydrogen) atoms. The topological polar surface area (TPSA) is 18.5 Å². The Balaban J connectivity index is 2.13. The van der Waals surface area contributed by atoms with Crippen LogP contribution in [0.5, 0.6) is 0 Å². The minimum Gasteiger partial charge on any atom is -0.472 e. The monoisotopic (exact) mass is 112 g/mol. The van der Waals surface area contributed by atoms with E-state index in [1.807, 2.05) is 0 Å². The molecule has 2 rings (SSSR count). The summed E-state index contributed by atoms with van der Waals surface area (Å²) < 4.78 is 10.3. The molecule has 0 N–H and O–H groups in total. The van der Waals surface area contributed by atoms with Gasteiger partial charge in [-0.1, -0.05) is 0 Å². The highest BCUT2D eigenvalue weighted by molar-refractivity contribution is 4.94. The summed E-state index contributed by atoms with van der Waals surface area (Å²) in [4.78, 5) is 0. The van der Waals surface area contributed by atoms with Crippen LogP contribution in [0.25, 0.3) is 0 Å². The largest absolute Gasteiger partial charge is 0.472 e. The van der Waals surface area contributed by atoms with Gasteiger partial charge in [0.1, 0.15) is 0 Å². The third-order valence-corrected chi connectivity index (χ3v) is 1.62. The van der Waals surface area contributed by atoms with Crippen molar-refractivity contribution in [3.63, 3.8) is 0 Å². The number of ether oxygens (including phenoxy) is 2. The maximum Gasteiger partial charge on any atom is 0.205 e. The minimum absolute atomic E-state index is 0.0648. The lowest BCUT2D eigenvalue weighted by Gasteiger charge is -2.05. The smallest absolute Gasteiger partial charge is 0.205 e. The first-order valence-electron chi connectivity index (χ1n) is 2.90.